The van der Waals surface area contributed by atoms with Crippen LogP contribution in [0.25, 0.3) is 11.1 Å². The Balaban J connectivity index is 1.98. The van der Waals surface area contributed by atoms with Gasteiger partial charge < -0.3 is 9.63 Å². The fraction of sp³-hybridized carbons (Fsp3) is 0.455. The van der Waals surface area contributed by atoms with Gasteiger partial charge in [-0.25, -0.2) is 9.18 Å². The normalized spacial score (nSPS) is 16.9. The molecule has 2 aromatic rings. The smallest absolute Gasteiger partial charge is 0.340 e. The molecule has 2 saturated carbocycles. The van der Waals surface area contributed by atoms with Gasteiger partial charge in [0.25, 0.3) is 0 Å². The zero-order valence-electron chi connectivity index (χ0n) is 16.4. The third kappa shape index (κ3) is 4.35. The van der Waals surface area contributed by atoms with Crippen molar-refractivity contribution in [3.63, 3.8) is 0 Å². The minimum Gasteiger partial charge on any atom is -0.462 e. The molecule has 1 aromatic heterocycles. The lowest BCUT2D eigenvalue weighted by Crippen LogP contribution is -2.21. The summed E-state index contributed by atoms with van der Waals surface area (Å²) in [6.45, 7) is 2.09. The number of nitrogens with zero attached hydrogens (tertiary/aromatic N) is 1. The van der Waals surface area contributed by atoms with Gasteiger partial charge in [-0.15, -0.1) is 11.4 Å². The first-order valence-corrected chi connectivity index (χ1v) is 12.8. The van der Waals surface area contributed by atoms with Gasteiger partial charge in [-0.2, -0.15) is 0 Å². The molecule has 1 unspecified atom stereocenters. The van der Waals surface area contributed by atoms with E-state index in [1.165, 1.54) is 23.5 Å². The maximum atomic E-state index is 13.6. The molecule has 0 amide bonds. The monoisotopic (exact) mass is 433 g/mol. The van der Waals surface area contributed by atoms with Gasteiger partial charge in [0.05, 0.1) is 25.9 Å². The summed E-state index contributed by atoms with van der Waals surface area (Å²) in [5.41, 5.74) is 5.02. The number of pyridine rings is 1. The van der Waals surface area contributed by atoms with Crippen molar-refractivity contribution in [2.45, 2.75) is 56.6 Å². The van der Waals surface area contributed by atoms with Crippen LogP contribution in [-0.2, 0) is 10.5 Å². The highest BCUT2D eigenvalue weighted by atomic mass is 32.7. The molecule has 0 aliphatic heterocycles. The molecule has 1 atom stereocenters. The lowest BCUT2D eigenvalue weighted by molar-refractivity contribution is 0.0523. The summed E-state index contributed by atoms with van der Waals surface area (Å²) < 4.78 is 19.1. The Morgan fingerprint density at radius 3 is 2.45 bits per heavy atom. The summed E-state index contributed by atoms with van der Waals surface area (Å²) in [6, 6.07) is 6.30. The van der Waals surface area contributed by atoms with Crippen molar-refractivity contribution in [1.29, 1.82) is 0 Å². The predicted octanol–water partition coefficient (Wildman–Crippen LogP) is 5.94. The number of esters is 1. The molecule has 0 radical (unpaired) electrons. The van der Waals surface area contributed by atoms with E-state index in [1.54, 1.807) is 19.1 Å². The average Bonchev–Trinajstić information content (AvgIpc) is 3.50. The molecule has 0 bridgehead atoms. The average molecular weight is 433 g/mol. The summed E-state index contributed by atoms with van der Waals surface area (Å²) in [5.74, 6) is 0.572. The molecule has 1 N–H and O–H groups in total. The van der Waals surface area contributed by atoms with Gasteiger partial charge in [0.2, 0.25) is 0 Å². The molecule has 7 heteroatoms. The van der Waals surface area contributed by atoms with E-state index >= 15 is 0 Å². The number of carbonyl (C=O) groups excluding carboxylic acids is 1. The van der Waals surface area contributed by atoms with Crippen molar-refractivity contribution in [2.75, 3.05) is 6.61 Å². The number of halogens is 1. The number of carbonyl (C=O) groups is 1. The van der Waals surface area contributed by atoms with Crippen LogP contribution < -0.4 is 0 Å². The molecule has 154 valence electrons. The van der Waals surface area contributed by atoms with Gasteiger partial charge in [-0.05, 0) is 55.9 Å². The third-order valence-electron chi connectivity index (χ3n) is 5.71. The Morgan fingerprint density at radius 1 is 1.21 bits per heavy atom. The third-order valence-corrected chi connectivity index (χ3v) is 7.09. The fourth-order valence-electron chi connectivity index (χ4n) is 3.93. The van der Waals surface area contributed by atoms with Crippen molar-refractivity contribution in [1.82, 2.24) is 4.98 Å². The molecular formula is C22H25FNO3PS. The van der Waals surface area contributed by atoms with Crippen LogP contribution in [0.2, 0.25) is 0 Å². The van der Waals surface area contributed by atoms with Crippen LogP contribution in [0.4, 0.5) is 4.39 Å². The van der Waals surface area contributed by atoms with E-state index in [0.717, 1.165) is 60.2 Å². The molecule has 4 rings (SSSR count). The van der Waals surface area contributed by atoms with E-state index in [4.69, 9.17) is 9.72 Å². The van der Waals surface area contributed by atoms with Crippen molar-refractivity contribution in [2.24, 2.45) is 0 Å². The van der Waals surface area contributed by atoms with Gasteiger partial charge in [-0.1, -0.05) is 18.6 Å². The van der Waals surface area contributed by atoms with Crippen LogP contribution in [0.15, 0.2) is 24.3 Å². The highest BCUT2D eigenvalue weighted by Crippen LogP contribution is 2.49. The Morgan fingerprint density at radius 2 is 1.90 bits per heavy atom. The Bertz CT molecular complexity index is 898. The number of benzene rings is 1. The van der Waals surface area contributed by atoms with E-state index in [1.807, 2.05) is 0 Å². The molecule has 0 spiro atoms. The molecule has 29 heavy (non-hydrogen) atoms. The topological polar surface area (TPSA) is 59.4 Å². The summed E-state index contributed by atoms with van der Waals surface area (Å²) in [5, 5.41) is 0. The van der Waals surface area contributed by atoms with Crippen LogP contribution in [0.1, 0.15) is 78.2 Å². The second kappa shape index (κ2) is 9.11. The van der Waals surface area contributed by atoms with E-state index in [9.17, 15) is 14.1 Å². The summed E-state index contributed by atoms with van der Waals surface area (Å²) >= 11 is 1.42. The molecule has 4 nitrogen and oxygen atoms in total. The SMILES string of the molecule is CCOC(=O)c1c(C2CCC2)nc(C2CC2)c(CSPO)c1-c1ccc(F)cc1. The standard InChI is InChI=1S/C22H25FNO3PS/c1-2-27-22(25)19-18(13-8-10-16(23)11-9-13)17(12-29-28-26)20(15-6-7-15)24-21(19)14-4-3-5-14/h8-11,14-15,26,28H,2-7,12H2,1H3. The van der Waals surface area contributed by atoms with Crippen LogP contribution in [0.3, 0.4) is 0 Å². The van der Waals surface area contributed by atoms with Gasteiger partial charge in [0.1, 0.15) is 5.82 Å². The molecular weight excluding hydrogens is 408 g/mol. The van der Waals surface area contributed by atoms with Crippen LogP contribution in [0, 0.1) is 5.82 Å². The predicted molar refractivity (Wildman–Crippen MR) is 116 cm³/mol. The summed E-state index contributed by atoms with van der Waals surface area (Å²) in [7, 11) is -0.246. The molecule has 2 aliphatic carbocycles. The van der Waals surface area contributed by atoms with Crippen molar-refractivity contribution < 1.29 is 18.8 Å². The highest BCUT2D eigenvalue weighted by Gasteiger charge is 2.36. The van der Waals surface area contributed by atoms with Crippen LogP contribution >= 0.6 is 19.4 Å². The lowest BCUT2D eigenvalue weighted by atomic mass is 9.78. The fourth-order valence-corrected chi connectivity index (χ4v) is 5.06. The molecule has 1 aromatic carbocycles. The van der Waals surface area contributed by atoms with E-state index in [2.05, 4.69) is 0 Å². The summed E-state index contributed by atoms with van der Waals surface area (Å²) in [4.78, 5) is 27.6. The molecule has 0 saturated heterocycles. The first kappa shape index (κ1) is 20.8. The zero-order chi connectivity index (χ0) is 20.4. The highest BCUT2D eigenvalue weighted by molar-refractivity contribution is 8.47. The summed E-state index contributed by atoms with van der Waals surface area (Å²) in [6.07, 6.45) is 5.38. The number of rotatable bonds is 8. The van der Waals surface area contributed by atoms with Crippen molar-refractivity contribution >= 4 is 25.4 Å². The van der Waals surface area contributed by atoms with Crippen LogP contribution in [0.5, 0.6) is 0 Å². The first-order chi connectivity index (χ1) is 14.1. The molecule has 2 fully saturated rings. The molecule has 2 aliphatic rings. The quantitative estimate of drug-likeness (QED) is 0.412. The number of aromatic nitrogens is 1. The zero-order valence-corrected chi connectivity index (χ0v) is 18.2. The molecule has 1 heterocycles. The van der Waals surface area contributed by atoms with Gasteiger partial charge in [0, 0.05) is 28.8 Å². The van der Waals surface area contributed by atoms with E-state index < -0.39 is 0 Å². The van der Waals surface area contributed by atoms with E-state index in [0.29, 0.717) is 17.2 Å². The minimum atomic E-state index is -0.360. The van der Waals surface area contributed by atoms with Crippen LogP contribution in [-0.4, -0.2) is 22.5 Å². The van der Waals surface area contributed by atoms with Crippen molar-refractivity contribution in [3.05, 3.63) is 52.6 Å². The number of hydrogen-bond donors (Lipinski definition) is 1. The van der Waals surface area contributed by atoms with Gasteiger partial charge in [-0.3, -0.25) is 4.98 Å². The maximum Gasteiger partial charge on any atom is 0.340 e. The van der Waals surface area contributed by atoms with Gasteiger partial charge in [0.15, 0.2) is 0 Å². The maximum absolute atomic E-state index is 13.6. The largest absolute Gasteiger partial charge is 0.462 e. The van der Waals surface area contributed by atoms with Gasteiger partial charge >= 0.3 is 5.97 Å². The number of ether oxygens (including phenoxy) is 1. The Kier molecular flexibility index (Phi) is 6.53. The lowest BCUT2D eigenvalue weighted by Gasteiger charge is -2.29. The van der Waals surface area contributed by atoms with E-state index in [-0.39, 0.29) is 32.3 Å². The second-order valence-corrected chi connectivity index (χ2v) is 9.79. The second-order valence-electron chi connectivity index (χ2n) is 7.62. The van der Waals surface area contributed by atoms with Crippen molar-refractivity contribution in [3.8, 4) is 11.1 Å². The minimum absolute atomic E-state index is 0.246. The Hall–Kier alpha value is -1.49. The number of hydrogen-bond acceptors (Lipinski definition) is 5. The Labute approximate surface area is 176 Å². The first-order valence-electron chi connectivity index (χ1n) is 10.1.